The first-order valence-corrected chi connectivity index (χ1v) is 6.81. The molecule has 17 heavy (non-hydrogen) atoms. The molecule has 1 aliphatic heterocycles. The second kappa shape index (κ2) is 5.47. The van der Waals surface area contributed by atoms with Crippen LogP contribution in [0.3, 0.4) is 0 Å². The van der Waals surface area contributed by atoms with E-state index in [-0.39, 0.29) is 0 Å². The molecule has 1 aromatic heterocycles. The molecule has 1 N–H and O–H groups in total. The van der Waals surface area contributed by atoms with Crippen LogP contribution >= 0.6 is 11.3 Å². The lowest BCUT2D eigenvalue weighted by molar-refractivity contribution is 0.356. The van der Waals surface area contributed by atoms with Gasteiger partial charge in [0, 0.05) is 26.2 Å². The lowest BCUT2D eigenvalue weighted by Gasteiger charge is -2.28. The first-order chi connectivity index (χ1) is 8.18. The van der Waals surface area contributed by atoms with Crippen molar-refractivity contribution in [2.45, 2.75) is 13.8 Å². The van der Waals surface area contributed by atoms with Gasteiger partial charge in [0.05, 0.1) is 10.6 Å². The van der Waals surface area contributed by atoms with Crippen LogP contribution in [0.15, 0.2) is 23.0 Å². The van der Waals surface area contributed by atoms with Crippen LogP contribution in [0.4, 0.5) is 5.69 Å². The minimum atomic E-state index is 1.04. The minimum absolute atomic E-state index is 1.04. The molecule has 0 bridgehead atoms. The summed E-state index contributed by atoms with van der Waals surface area (Å²) in [6.07, 6.45) is 0. The Balaban J connectivity index is 2.16. The van der Waals surface area contributed by atoms with E-state index >= 15 is 0 Å². The number of aliphatic imine (C=N–C) groups is 1. The van der Waals surface area contributed by atoms with Crippen LogP contribution < -0.4 is 5.32 Å². The maximum absolute atomic E-state index is 4.73. The highest BCUT2D eigenvalue weighted by Gasteiger charge is 2.11. The van der Waals surface area contributed by atoms with E-state index in [0.717, 1.165) is 43.3 Å². The fourth-order valence-electron chi connectivity index (χ4n) is 1.94. The SMILES string of the molecule is C=C(C)c1sccc1N=C(C)N1CCNCC1. The first kappa shape index (κ1) is 12.3. The van der Waals surface area contributed by atoms with Crippen LogP contribution in [0.2, 0.25) is 0 Å². The van der Waals surface area contributed by atoms with Crippen molar-refractivity contribution in [3.63, 3.8) is 0 Å². The molecule has 4 heteroatoms. The number of hydrogen-bond donors (Lipinski definition) is 1. The number of amidine groups is 1. The van der Waals surface area contributed by atoms with Gasteiger partial charge in [0.15, 0.2) is 0 Å². The summed E-state index contributed by atoms with van der Waals surface area (Å²) >= 11 is 1.71. The number of nitrogens with zero attached hydrogens (tertiary/aromatic N) is 2. The summed E-state index contributed by atoms with van der Waals surface area (Å²) in [4.78, 5) is 8.25. The van der Waals surface area contributed by atoms with Gasteiger partial charge < -0.3 is 10.2 Å². The number of rotatable bonds is 2. The molecule has 0 aromatic carbocycles. The van der Waals surface area contributed by atoms with E-state index < -0.39 is 0 Å². The highest BCUT2D eigenvalue weighted by molar-refractivity contribution is 7.11. The predicted molar refractivity (Wildman–Crippen MR) is 76.2 cm³/mol. The zero-order chi connectivity index (χ0) is 12.3. The summed E-state index contributed by atoms with van der Waals surface area (Å²) in [7, 11) is 0. The van der Waals surface area contributed by atoms with Gasteiger partial charge >= 0.3 is 0 Å². The zero-order valence-corrected chi connectivity index (χ0v) is 11.3. The Labute approximate surface area is 107 Å². The fourth-order valence-corrected chi connectivity index (χ4v) is 2.71. The molecular formula is C13H19N3S. The van der Waals surface area contributed by atoms with Crippen molar-refractivity contribution in [1.29, 1.82) is 0 Å². The number of piperazine rings is 1. The topological polar surface area (TPSA) is 27.6 Å². The molecule has 1 aliphatic rings. The molecule has 0 amide bonds. The largest absolute Gasteiger partial charge is 0.358 e. The van der Waals surface area contributed by atoms with Crippen LogP contribution in [0.1, 0.15) is 18.7 Å². The third kappa shape index (κ3) is 2.96. The molecule has 0 saturated carbocycles. The summed E-state index contributed by atoms with van der Waals surface area (Å²) < 4.78 is 0. The van der Waals surface area contributed by atoms with Gasteiger partial charge in [-0.2, -0.15) is 0 Å². The lowest BCUT2D eigenvalue weighted by Crippen LogP contribution is -2.45. The highest BCUT2D eigenvalue weighted by Crippen LogP contribution is 2.31. The monoisotopic (exact) mass is 249 g/mol. The number of nitrogens with one attached hydrogen (secondary N) is 1. The molecule has 1 aromatic rings. The minimum Gasteiger partial charge on any atom is -0.358 e. The Kier molecular flexibility index (Phi) is 3.97. The highest BCUT2D eigenvalue weighted by atomic mass is 32.1. The van der Waals surface area contributed by atoms with E-state index in [1.807, 2.05) is 6.92 Å². The first-order valence-electron chi connectivity index (χ1n) is 5.93. The van der Waals surface area contributed by atoms with E-state index in [4.69, 9.17) is 4.99 Å². The molecule has 2 heterocycles. The molecule has 0 spiro atoms. The molecule has 1 fully saturated rings. The van der Waals surface area contributed by atoms with Gasteiger partial charge in [-0.25, -0.2) is 4.99 Å². The van der Waals surface area contributed by atoms with Crippen LogP contribution in [0.5, 0.6) is 0 Å². The van der Waals surface area contributed by atoms with Crippen LogP contribution in [-0.4, -0.2) is 36.9 Å². The lowest BCUT2D eigenvalue weighted by atomic mass is 10.2. The van der Waals surface area contributed by atoms with Gasteiger partial charge in [0.1, 0.15) is 5.84 Å². The predicted octanol–water partition coefficient (Wildman–Crippen LogP) is 2.74. The molecule has 0 radical (unpaired) electrons. The van der Waals surface area contributed by atoms with E-state index in [1.54, 1.807) is 11.3 Å². The molecule has 0 aliphatic carbocycles. The molecule has 1 saturated heterocycles. The van der Waals surface area contributed by atoms with E-state index in [1.165, 1.54) is 4.88 Å². The second-order valence-corrected chi connectivity index (χ2v) is 5.23. The summed E-state index contributed by atoms with van der Waals surface area (Å²) in [6.45, 7) is 12.3. The van der Waals surface area contributed by atoms with E-state index in [0.29, 0.717) is 0 Å². The Morgan fingerprint density at radius 2 is 2.12 bits per heavy atom. The van der Waals surface area contributed by atoms with Gasteiger partial charge in [-0.3, -0.25) is 0 Å². The maximum atomic E-state index is 4.73. The van der Waals surface area contributed by atoms with Crippen molar-refractivity contribution in [2.75, 3.05) is 26.2 Å². The Hall–Kier alpha value is -1.13. The molecule has 92 valence electrons. The summed E-state index contributed by atoms with van der Waals surface area (Å²) in [5.74, 6) is 1.10. The van der Waals surface area contributed by atoms with Crippen LogP contribution in [0.25, 0.3) is 5.57 Å². The van der Waals surface area contributed by atoms with Crippen molar-refractivity contribution in [1.82, 2.24) is 10.2 Å². The van der Waals surface area contributed by atoms with E-state index in [9.17, 15) is 0 Å². The van der Waals surface area contributed by atoms with Gasteiger partial charge in [-0.15, -0.1) is 11.3 Å². The third-order valence-corrected chi connectivity index (χ3v) is 3.95. The maximum Gasteiger partial charge on any atom is 0.102 e. The van der Waals surface area contributed by atoms with Crippen molar-refractivity contribution in [3.8, 4) is 0 Å². The number of thiophene rings is 1. The average Bonchev–Trinajstić information content (AvgIpc) is 2.78. The molecule has 0 atom stereocenters. The van der Waals surface area contributed by atoms with Crippen molar-refractivity contribution in [3.05, 3.63) is 22.9 Å². The fraction of sp³-hybridized carbons (Fsp3) is 0.462. The van der Waals surface area contributed by atoms with Gasteiger partial charge in [0.2, 0.25) is 0 Å². The molecular weight excluding hydrogens is 230 g/mol. The van der Waals surface area contributed by atoms with Crippen LogP contribution in [-0.2, 0) is 0 Å². The average molecular weight is 249 g/mol. The van der Waals surface area contributed by atoms with Gasteiger partial charge in [0.25, 0.3) is 0 Å². The normalized spacial score (nSPS) is 17.3. The Morgan fingerprint density at radius 1 is 1.41 bits per heavy atom. The summed E-state index contributed by atoms with van der Waals surface area (Å²) in [5.41, 5.74) is 2.14. The smallest absolute Gasteiger partial charge is 0.102 e. The summed E-state index contributed by atoms with van der Waals surface area (Å²) in [5, 5.41) is 5.43. The number of allylic oxidation sites excluding steroid dienone is 1. The zero-order valence-electron chi connectivity index (χ0n) is 10.5. The Morgan fingerprint density at radius 3 is 2.76 bits per heavy atom. The Bertz CT molecular complexity index is 428. The van der Waals surface area contributed by atoms with Gasteiger partial charge in [-0.05, 0) is 30.9 Å². The standard InChI is InChI=1S/C13H19N3S/c1-10(2)13-12(4-9-17-13)15-11(3)16-7-5-14-6-8-16/h4,9,14H,1,5-8H2,2-3H3. The van der Waals surface area contributed by atoms with Crippen molar-refractivity contribution >= 4 is 28.4 Å². The molecule has 0 unspecified atom stereocenters. The molecule has 3 nitrogen and oxygen atoms in total. The quantitative estimate of drug-likeness (QED) is 0.644. The second-order valence-electron chi connectivity index (χ2n) is 4.31. The van der Waals surface area contributed by atoms with Gasteiger partial charge in [-0.1, -0.05) is 6.58 Å². The summed E-state index contributed by atoms with van der Waals surface area (Å²) in [6, 6.07) is 2.07. The molecule has 2 rings (SSSR count). The van der Waals surface area contributed by atoms with E-state index in [2.05, 4.69) is 35.2 Å². The third-order valence-electron chi connectivity index (χ3n) is 2.89. The number of hydrogen-bond acceptors (Lipinski definition) is 3. The van der Waals surface area contributed by atoms with Crippen molar-refractivity contribution < 1.29 is 0 Å². The van der Waals surface area contributed by atoms with Crippen molar-refractivity contribution in [2.24, 2.45) is 4.99 Å². The van der Waals surface area contributed by atoms with Crippen LogP contribution in [0, 0.1) is 0 Å².